The van der Waals surface area contributed by atoms with Gasteiger partial charge in [-0.25, -0.2) is 0 Å². The van der Waals surface area contributed by atoms with Gasteiger partial charge < -0.3 is 5.73 Å². The molecular weight excluding hydrogens is 214 g/mol. The summed E-state index contributed by atoms with van der Waals surface area (Å²) in [6.45, 7) is 2.85. The highest BCUT2D eigenvalue weighted by atomic mass is 32.2. The van der Waals surface area contributed by atoms with Crippen LogP contribution in [0.5, 0.6) is 0 Å². The minimum atomic E-state index is -3.31. The zero-order chi connectivity index (χ0) is 11.5. The molecule has 1 saturated carbocycles. The van der Waals surface area contributed by atoms with Gasteiger partial charge in [0.05, 0.1) is 0 Å². The molecule has 0 bridgehead atoms. The fourth-order valence-electron chi connectivity index (χ4n) is 1.93. The lowest BCUT2D eigenvalue weighted by Gasteiger charge is -2.23. The normalized spacial score (nSPS) is 27.5. The van der Waals surface area contributed by atoms with Crippen molar-refractivity contribution in [1.29, 1.82) is 0 Å². The van der Waals surface area contributed by atoms with Gasteiger partial charge in [0.15, 0.2) is 0 Å². The molecule has 0 aromatic rings. The summed E-state index contributed by atoms with van der Waals surface area (Å²) in [5.74, 6) is 0.296. The summed E-state index contributed by atoms with van der Waals surface area (Å²) in [6.07, 6.45) is 2.99. The van der Waals surface area contributed by atoms with Crippen LogP contribution in [0.25, 0.3) is 0 Å². The summed E-state index contributed by atoms with van der Waals surface area (Å²) in [4.78, 5) is 0. The Hall–Kier alpha value is -0.170. The maximum Gasteiger partial charge on any atom is 0.279 e. The first-order chi connectivity index (χ1) is 7.01. The molecule has 90 valence electrons. The number of hydrogen-bond acceptors (Lipinski definition) is 3. The van der Waals surface area contributed by atoms with E-state index in [0.717, 1.165) is 19.3 Å². The third kappa shape index (κ3) is 3.14. The summed E-state index contributed by atoms with van der Waals surface area (Å²) >= 11 is 0. The molecule has 1 aliphatic carbocycles. The Labute approximate surface area is 92.2 Å². The molecular formula is C9H21N3O2S. The smallest absolute Gasteiger partial charge is 0.279 e. The van der Waals surface area contributed by atoms with Gasteiger partial charge in [0, 0.05) is 19.6 Å². The van der Waals surface area contributed by atoms with Crippen molar-refractivity contribution >= 4 is 10.2 Å². The van der Waals surface area contributed by atoms with Crippen molar-refractivity contribution in [1.82, 2.24) is 9.03 Å². The summed E-state index contributed by atoms with van der Waals surface area (Å²) in [5.41, 5.74) is 5.60. The summed E-state index contributed by atoms with van der Waals surface area (Å²) in [5, 5.41) is 0. The van der Waals surface area contributed by atoms with Crippen LogP contribution in [0.15, 0.2) is 0 Å². The Morgan fingerprint density at radius 2 is 2.13 bits per heavy atom. The van der Waals surface area contributed by atoms with Crippen LogP contribution in [0.2, 0.25) is 0 Å². The van der Waals surface area contributed by atoms with Crippen LogP contribution in [0.4, 0.5) is 0 Å². The van der Waals surface area contributed by atoms with E-state index in [1.807, 2.05) is 6.92 Å². The second-order valence-electron chi connectivity index (χ2n) is 4.07. The Morgan fingerprint density at radius 1 is 1.47 bits per heavy atom. The van der Waals surface area contributed by atoms with Crippen molar-refractivity contribution in [3.63, 3.8) is 0 Å². The Morgan fingerprint density at radius 3 is 2.67 bits per heavy atom. The molecule has 0 amide bonds. The van der Waals surface area contributed by atoms with Crippen molar-refractivity contribution in [2.75, 3.05) is 20.1 Å². The van der Waals surface area contributed by atoms with Crippen LogP contribution in [-0.4, -0.2) is 38.9 Å². The molecule has 5 nitrogen and oxygen atoms in total. The summed E-state index contributed by atoms with van der Waals surface area (Å²) in [6, 6.07) is 0.0222. The fraction of sp³-hybridized carbons (Fsp3) is 1.00. The Bertz CT molecular complexity index is 292. The molecule has 3 N–H and O–H groups in total. The maximum atomic E-state index is 11.8. The molecule has 2 atom stereocenters. The highest BCUT2D eigenvalue weighted by Gasteiger charge is 2.30. The van der Waals surface area contributed by atoms with Crippen LogP contribution in [0.1, 0.15) is 26.2 Å². The Balaban J connectivity index is 2.61. The van der Waals surface area contributed by atoms with Gasteiger partial charge in [0.2, 0.25) is 0 Å². The second-order valence-corrected chi connectivity index (χ2v) is 5.88. The molecule has 0 aromatic heterocycles. The largest absolute Gasteiger partial charge is 0.330 e. The molecule has 6 heteroatoms. The topological polar surface area (TPSA) is 75.4 Å². The van der Waals surface area contributed by atoms with E-state index in [4.69, 9.17) is 5.73 Å². The standard InChI is InChI=1S/C9H21N3O2S/c1-3-12(2)15(13,14)11-9-6-4-5-8(9)7-10/h8-9,11H,3-7,10H2,1-2H3/t8-,9-/m1/s1. The SMILES string of the molecule is CCN(C)S(=O)(=O)N[C@@H]1CCC[C@@H]1CN. The average Bonchev–Trinajstić information content (AvgIpc) is 2.63. The van der Waals surface area contributed by atoms with Crippen molar-refractivity contribution in [2.45, 2.75) is 32.2 Å². The van der Waals surface area contributed by atoms with Gasteiger partial charge in [-0.15, -0.1) is 0 Å². The van der Waals surface area contributed by atoms with Crippen LogP contribution in [0, 0.1) is 5.92 Å². The van der Waals surface area contributed by atoms with E-state index >= 15 is 0 Å². The Kier molecular flexibility index (Phi) is 4.51. The van der Waals surface area contributed by atoms with Gasteiger partial charge in [-0.1, -0.05) is 13.3 Å². The van der Waals surface area contributed by atoms with E-state index in [2.05, 4.69) is 4.72 Å². The molecule has 1 fully saturated rings. The first-order valence-corrected chi connectivity index (χ1v) is 6.89. The first-order valence-electron chi connectivity index (χ1n) is 5.45. The van der Waals surface area contributed by atoms with Crippen LogP contribution in [-0.2, 0) is 10.2 Å². The number of rotatable bonds is 5. The van der Waals surface area contributed by atoms with E-state index in [1.54, 1.807) is 7.05 Å². The van der Waals surface area contributed by atoms with Gasteiger partial charge in [-0.3, -0.25) is 0 Å². The molecule has 0 aliphatic heterocycles. The van der Waals surface area contributed by atoms with Gasteiger partial charge in [-0.2, -0.15) is 17.4 Å². The van der Waals surface area contributed by atoms with E-state index in [1.165, 1.54) is 4.31 Å². The van der Waals surface area contributed by atoms with Crippen LogP contribution >= 0.6 is 0 Å². The molecule has 0 unspecified atom stereocenters. The molecule has 0 heterocycles. The lowest BCUT2D eigenvalue weighted by Crippen LogP contribution is -2.46. The summed E-state index contributed by atoms with van der Waals surface area (Å²) < 4.78 is 27.5. The molecule has 1 aliphatic rings. The molecule has 0 spiro atoms. The second kappa shape index (κ2) is 5.25. The number of hydrogen-bond donors (Lipinski definition) is 2. The highest BCUT2D eigenvalue weighted by Crippen LogP contribution is 2.25. The first kappa shape index (κ1) is 12.9. The van der Waals surface area contributed by atoms with Crippen molar-refractivity contribution in [2.24, 2.45) is 11.7 Å². The van der Waals surface area contributed by atoms with Gasteiger partial charge in [0.1, 0.15) is 0 Å². The molecule has 0 aromatic carbocycles. The van der Waals surface area contributed by atoms with Crippen molar-refractivity contribution in [3.8, 4) is 0 Å². The highest BCUT2D eigenvalue weighted by molar-refractivity contribution is 7.87. The minimum Gasteiger partial charge on any atom is -0.330 e. The lowest BCUT2D eigenvalue weighted by molar-refractivity contribution is 0.421. The van der Waals surface area contributed by atoms with Crippen molar-refractivity contribution < 1.29 is 8.42 Å². The molecule has 1 rings (SSSR count). The van der Waals surface area contributed by atoms with Crippen LogP contribution in [0.3, 0.4) is 0 Å². The van der Waals surface area contributed by atoms with Crippen molar-refractivity contribution in [3.05, 3.63) is 0 Å². The van der Waals surface area contributed by atoms with Gasteiger partial charge >= 0.3 is 0 Å². The lowest BCUT2D eigenvalue weighted by atomic mass is 10.1. The molecule has 0 saturated heterocycles. The van der Waals surface area contributed by atoms with E-state index in [-0.39, 0.29) is 6.04 Å². The third-order valence-corrected chi connectivity index (χ3v) is 4.80. The average molecular weight is 235 g/mol. The third-order valence-electron chi connectivity index (χ3n) is 3.12. The number of nitrogens with two attached hydrogens (primary N) is 1. The predicted molar refractivity (Wildman–Crippen MR) is 60.5 cm³/mol. The quantitative estimate of drug-likeness (QED) is 0.698. The monoisotopic (exact) mass is 235 g/mol. The number of nitrogens with zero attached hydrogens (tertiary/aromatic N) is 1. The van der Waals surface area contributed by atoms with Gasteiger partial charge in [0.25, 0.3) is 10.2 Å². The fourth-order valence-corrected chi connectivity index (χ4v) is 3.14. The van der Waals surface area contributed by atoms with E-state index in [0.29, 0.717) is 19.0 Å². The minimum absolute atomic E-state index is 0.0222. The van der Waals surface area contributed by atoms with Crippen LogP contribution < -0.4 is 10.5 Å². The summed E-state index contributed by atoms with van der Waals surface area (Å²) in [7, 11) is -1.73. The van der Waals surface area contributed by atoms with E-state index < -0.39 is 10.2 Å². The van der Waals surface area contributed by atoms with E-state index in [9.17, 15) is 8.42 Å². The zero-order valence-electron chi connectivity index (χ0n) is 9.44. The van der Waals surface area contributed by atoms with Gasteiger partial charge in [-0.05, 0) is 25.3 Å². The predicted octanol–water partition coefficient (Wildman–Crippen LogP) is -0.100. The maximum absolute atomic E-state index is 11.8. The number of nitrogens with one attached hydrogen (secondary N) is 1. The molecule has 0 radical (unpaired) electrons. The molecule has 15 heavy (non-hydrogen) atoms. The zero-order valence-corrected chi connectivity index (χ0v) is 10.3.